The Hall–Kier alpha value is -1.43. The highest BCUT2D eigenvalue weighted by atomic mass is 79.9. The highest BCUT2D eigenvalue weighted by Crippen LogP contribution is 2.22. The maximum absolute atomic E-state index is 5.69. The van der Waals surface area contributed by atoms with Crippen molar-refractivity contribution in [3.8, 4) is 11.6 Å². The molecular weight excluding hydrogens is 246 g/mol. The molecule has 2 aromatic rings. The van der Waals surface area contributed by atoms with Gasteiger partial charge in [-0.1, -0.05) is 0 Å². The van der Waals surface area contributed by atoms with Crippen molar-refractivity contribution in [2.24, 2.45) is 0 Å². The molecule has 14 heavy (non-hydrogen) atoms. The fourth-order valence-corrected chi connectivity index (χ4v) is 1.25. The second-order valence-electron chi connectivity index (χ2n) is 2.77. The van der Waals surface area contributed by atoms with Crippen LogP contribution in [0.4, 0.5) is 5.82 Å². The van der Waals surface area contributed by atoms with E-state index in [2.05, 4.69) is 35.9 Å². The number of aromatic amines is 1. The van der Waals surface area contributed by atoms with Gasteiger partial charge in [0.05, 0.1) is 10.2 Å². The lowest BCUT2D eigenvalue weighted by Crippen LogP contribution is -2.00. The summed E-state index contributed by atoms with van der Waals surface area (Å²) >= 11 is 3.30. The van der Waals surface area contributed by atoms with Crippen LogP contribution in [0.3, 0.4) is 0 Å². The van der Waals surface area contributed by atoms with E-state index in [9.17, 15) is 0 Å². The SMILES string of the molecule is Cc1nc(-c2ncc[nH]2)nc(N)c1Br. The summed E-state index contributed by atoms with van der Waals surface area (Å²) in [5, 5.41) is 0. The molecule has 6 heteroatoms. The van der Waals surface area contributed by atoms with Crippen molar-refractivity contribution >= 4 is 21.7 Å². The second-order valence-corrected chi connectivity index (χ2v) is 3.56. The van der Waals surface area contributed by atoms with Crippen LogP contribution in [0, 0.1) is 6.92 Å². The number of nitrogens with two attached hydrogens (primary N) is 1. The van der Waals surface area contributed by atoms with E-state index in [0.29, 0.717) is 17.5 Å². The van der Waals surface area contributed by atoms with Gasteiger partial charge in [-0.05, 0) is 22.9 Å². The van der Waals surface area contributed by atoms with Gasteiger partial charge in [0.1, 0.15) is 5.82 Å². The first kappa shape index (κ1) is 9.14. The van der Waals surface area contributed by atoms with Crippen LogP contribution in [0.2, 0.25) is 0 Å². The number of hydrogen-bond acceptors (Lipinski definition) is 4. The molecule has 0 spiro atoms. The zero-order chi connectivity index (χ0) is 10.1. The number of nitrogens with zero attached hydrogens (tertiary/aromatic N) is 3. The zero-order valence-electron chi connectivity index (χ0n) is 7.45. The van der Waals surface area contributed by atoms with E-state index < -0.39 is 0 Å². The number of hydrogen-bond donors (Lipinski definition) is 2. The third-order valence-electron chi connectivity index (χ3n) is 1.75. The summed E-state index contributed by atoms with van der Waals surface area (Å²) in [4.78, 5) is 15.3. The van der Waals surface area contributed by atoms with Crippen molar-refractivity contribution in [2.75, 3.05) is 5.73 Å². The molecule has 3 N–H and O–H groups in total. The molecule has 0 amide bonds. The molecule has 0 unspecified atom stereocenters. The van der Waals surface area contributed by atoms with Gasteiger partial charge in [0.15, 0.2) is 11.6 Å². The largest absolute Gasteiger partial charge is 0.383 e. The molecule has 0 saturated heterocycles. The van der Waals surface area contributed by atoms with Crippen molar-refractivity contribution in [1.29, 1.82) is 0 Å². The molecule has 0 aliphatic carbocycles. The molecule has 0 radical (unpaired) electrons. The molecule has 0 aliphatic rings. The number of nitrogens with one attached hydrogen (secondary N) is 1. The molecule has 0 bridgehead atoms. The van der Waals surface area contributed by atoms with Gasteiger partial charge in [0, 0.05) is 12.4 Å². The van der Waals surface area contributed by atoms with E-state index in [4.69, 9.17) is 5.73 Å². The Labute approximate surface area is 88.9 Å². The minimum absolute atomic E-state index is 0.420. The molecule has 72 valence electrons. The Morgan fingerprint density at radius 3 is 2.79 bits per heavy atom. The van der Waals surface area contributed by atoms with Crippen molar-refractivity contribution in [3.63, 3.8) is 0 Å². The maximum atomic E-state index is 5.69. The normalized spacial score (nSPS) is 10.4. The summed E-state index contributed by atoms with van der Waals surface area (Å²) in [6.45, 7) is 1.86. The van der Waals surface area contributed by atoms with Gasteiger partial charge in [-0.25, -0.2) is 15.0 Å². The van der Waals surface area contributed by atoms with Gasteiger partial charge in [0.25, 0.3) is 0 Å². The monoisotopic (exact) mass is 253 g/mol. The highest BCUT2D eigenvalue weighted by molar-refractivity contribution is 9.10. The van der Waals surface area contributed by atoms with Crippen LogP contribution in [0.15, 0.2) is 16.9 Å². The summed E-state index contributed by atoms with van der Waals surface area (Å²) < 4.78 is 0.729. The Bertz CT molecular complexity index is 428. The number of rotatable bonds is 1. The smallest absolute Gasteiger partial charge is 0.197 e. The first-order valence-corrected chi connectivity index (χ1v) is 4.77. The number of H-pyrrole nitrogens is 1. The third kappa shape index (κ3) is 1.48. The van der Waals surface area contributed by atoms with Gasteiger partial charge >= 0.3 is 0 Å². The standard InChI is InChI=1S/C8H8BrN5/c1-4-5(9)6(10)14-8(13-4)7-11-2-3-12-7/h2-3H,1H3,(H,11,12)(H2,10,13,14). The van der Waals surface area contributed by atoms with Crippen LogP contribution >= 0.6 is 15.9 Å². The van der Waals surface area contributed by atoms with Crippen LogP contribution in [0.1, 0.15) is 5.69 Å². The lowest BCUT2D eigenvalue weighted by atomic mass is 10.4. The van der Waals surface area contributed by atoms with Crippen LogP contribution in [-0.4, -0.2) is 19.9 Å². The number of anilines is 1. The minimum Gasteiger partial charge on any atom is -0.383 e. The summed E-state index contributed by atoms with van der Waals surface area (Å²) in [5.74, 6) is 1.55. The summed E-state index contributed by atoms with van der Waals surface area (Å²) in [6.07, 6.45) is 3.36. The van der Waals surface area contributed by atoms with E-state index in [1.807, 2.05) is 6.92 Å². The molecule has 0 atom stereocenters. The van der Waals surface area contributed by atoms with E-state index in [1.54, 1.807) is 12.4 Å². The lowest BCUT2D eigenvalue weighted by Gasteiger charge is -2.03. The van der Waals surface area contributed by atoms with Gasteiger partial charge in [-0.15, -0.1) is 0 Å². The number of nitrogen functional groups attached to an aromatic ring is 1. The Balaban J connectivity index is 2.57. The average molecular weight is 254 g/mol. The predicted octanol–water partition coefficient (Wildman–Crippen LogP) is 1.52. The lowest BCUT2D eigenvalue weighted by molar-refractivity contribution is 1.07. The van der Waals surface area contributed by atoms with Crippen molar-refractivity contribution in [1.82, 2.24) is 19.9 Å². The van der Waals surface area contributed by atoms with Crippen molar-refractivity contribution in [3.05, 3.63) is 22.6 Å². The third-order valence-corrected chi connectivity index (χ3v) is 2.73. The van der Waals surface area contributed by atoms with Gasteiger partial charge in [-0.3, -0.25) is 0 Å². The molecule has 5 nitrogen and oxygen atoms in total. The van der Waals surface area contributed by atoms with Crippen molar-refractivity contribution < 1.29 is 0 Å². The number of aryl methyl sites for hydroxylation is 1. The molecular formula is C8H8BrN5. The van der Waals surface area contributed by atoms with Crippen LogP contribution < -0.4 is 5.73 Å². The van der Waals surface area contributed by atoms with Gasteiger partial charge < -0.3 is 10.7 Å². The molecule has 2 heterocycles. The summed E-state index contributed by atoms with van der Waals surface area (Å²) in [6, 6.07) is 0. The Kier molecular flexibility index (Phi) is 2.20. The van der Waals surface area contributed by atoms with Crippen LogP contribution in [0.25, 0.3) is 11.6 Å². The van der Waals surface area contributed by atoms with Gasteiger partial charge in [0.2, 0.25) is 0 Å². The fourth-order valence-electron chi connectivity index (χ4n) is 1.07. The second kappa shape index (κ2) is 3.38. The first-order chi connectivity index (χ1) is 6.68. The zero-order valence-corrected chi connectivity index (χ0v) is 9.04. The molecule has 0 aromatic carbocycles. The molecule has 2 rings (SSSR count). The summed E-state index contributed by atoms with van der Waals surface area (Å²) in [5.41, 5.74) is 6.48. The van der Waals surface area contributed by atoms with Crippen molar-refractivity contribution in [2.45, 2.75) is 6.92 Å². The van der Waals surface area contributed by atoms with Crippen LogP contribution in [-0.2, 0) is 0 Å². The Morgan fingerprint density at radius 1 is 1.43 bits per heavy atom. The molecule has 0 fully saturated rings. The number of halogens is 1. The van der Waals surface area contributed by atoms with E-state index in [1.165, 1.54) is 0 Å². The molecule has 0 aliphatic heterocycles. The maximum Gasteiger partial charge on any atom is 0.197 e. The molecule has 2 aromatic heterocycles. The van der Waals surface area contributed by atoms with Gasteiger partial charge in [-0.2, -0.15) is 0 Å². The van der Waals surface area contributed by atoms with E-state index in [-0.39, 0.29) is 0 Å². The fraction of sp³-hybridized carbons (Fsp3) is 0.125. The summed E-state index contributed by atoms with van der Waals surface area (Å²) in [7, 11) is 0. The average Bonchev–Trinajstić information content (AvgIpc) is 2.66. The minimum atomic E-state index is 0.420. The molecule has 0 saturated carbocycles. The Morgan fingerprint density at radius 2 is 2.21 bits per heavy atom. The number of aromatic nitrogens is 4. The number of imidazole rings is 1. The predicted molar refractivity (Wildman–Crippen MR) is 56.5 cm³/mol. The van der Waals surface area contributed by atoms with Crippen LogP contribution in [0.5, 0.6) is 0 Å². The quantitative estimate of drug-likeness (QED) is 0.808. The highest BCUT2D eigenvalue weighted by Gasteiger charge is 2.09. The first-order valence-electron chi connectivity index (χ1n) is 3.98. The topological polar surface area (TPSA) is 80.5 Å². The van der Waals surface area contributed by atoms with E-state index >= 15 is 0 Å². The van der Waals surface area contributed by atoms with E-state index in [0.717, 1.165) is 10.2 Å².